The molecule has 28 heavy (non-hydrogen) atoms. The first-order valence-corrected chi connectivity index (χ1v) is 9.20. The minimum Gasteiger partial charge on any atom is -0.377 e. The van der Waals surface area contributed by atoms with Gasteiger partial charge in [-0.3, -0.25) is 14.5 Å². The first-order valence-electron chi connectivity index (χ1n) is 9.20. The molecule has 1 atom stereocenters. The lowest BCUT2D eigenvalue weighted by Crippen LogP contribution is -2.52. The van der Waals surface area contributed by atoms with E-state index in [2.05, 4.69) is 0 Å². The van der Waals surface area contributed by atoms with Gasteiger partial charge in [0.05, 0.1) is 23.8 Å². The maximum atomic E-state index is 13.9. The lowest BCUT2D eigenvalue weighted by molar-refractivity contribution is 0.0439. The minimum atomic E-state index is -1.79. The zero-order valence-electron chi connectivity index (χ0n) is 15.4. The first kappa shape index (κ1) is 19.7. The molecule has 6 heteroatoms. The number of halogens is 1. The lowest BCUT2D eigenvalue weighted by atomic mass is 9.93. The second-order valence-electron chi connectivity index (χ2n) is 6.76. The molecule has 5 nitrogen and oxygen atoms in total. The molecule has 0 bridgehead atoms. The monoisotopic (exact) mass is 380 g/mol. The smallest absolute Gasteiger partial charge is 0.263 e. The van der Waals surface area contributed by atoms with E-state index >= 15 is 0 Å². The molecule has 1 aliphatic heterocycles. The van der Waals surface area contributed by atoms with Crippen molar-refractivity contribution in [2.24, 2.45) is 0 Å². The Balaban J connectivity index is 1.58. The summed E-state index contributed by atoms with van der Waals surface area (Å²) >= 11 is 0. The van der Waals surface area contributed by atoms with Gasteiger partial charge in [-0.2, -0.15) is 5.26 Å². The van der Waals surface area contributed by atoms with Gasteiger partial charge in [0.1, 0.15) is 6.67 Å². The number of imide groups is 1. The van der Waals surface area contributed by atoms with Crippen molar-refractivity contribution in [1.29, 1.82) is 5.26 Å². The lowest BCUT2D eigenvalue weighted by Gasteiger charge is -2.32. The standard InChI is InChI=1S/C22H21FN2O3/c23-15-22(16-24,12-6-7-13-28-14-17-8-2-1-3-9-17)25-20(26)18-10-4-5-11-19(18)21(25)27/h1-5,8-11H,6-7,12-15H2. The van der Waals surface area contributed by atoms with Crippen molar-refractivity contribution in [2.75, 3.05) is 13.3 Å². The molecule has 0 spiro atoms. The highest BCUT2D eigenvalue weighted by Crippen LogP contribution is 2.32. The normalized spacial score (nSPS) is 15.2. The van der Waals surface area contributed by atoms with Gasteiger partial charge in [-0.05, 0) is 37.0 Å². The zero-order chi connectivity index (χ0) is 20.0. The van der Waals surface area contributed by atoms with Gasteiger partial charge in [0.25, 0.3) is 11.8 Å². The molecular weight excluding hydrogens is 359 g/mol. The number of fused-ring (bicyclic) bond motifs is 1. The van der Waals surface area contributed by atoms with Crippen molar-refractivity contribution < 1.29 is 18.7 Å². The van der Waals surface area contributed by atoms with E-state index in [1.54, 1.807) is 12.1 Å². The molecule has 2 aromatic rings. The summed E-state index contributed by atoms with van der Waals surface area (Å²) < 4.78 is 19.5. The molecule has 2 amide bonds. The Morgan fingerprint density at radius 1 is 0.964 bits per heavy atom. The van der Waals surface area contributed by atoms with Crippen molar-refractivity contribution in [3.05, 3.63) is 71.3 Å². The molecule has 3 rings (SSSR count). The number of nitrogens with zero attached hydrogens (tertiary/aromatic N) is 2. The molecule has 0 fully saturated rings. The summed E-state index contributed by atoms with van der Waals surface area (Å²) in [5.74, 6) is -1.22. The van der Waals surface area contributed by atoms with Crippen LogP contribution in [0.3, 0.4) is 0 Å². The van der Waals surface area contributed by atoms with E-state index in [-0.39, 0.29) is 17.5 Å². The Hall–Kier alpha value is -3.04. The third-order valence-electron chi connectivity index (χ3n) is 4.89. The molecule has 0 N–H and O–H groups in total. The molecule has 1 unspecified atom stereocenters. The minimum absolute atomic E-state index is 0.0696. The van der Waals surface area contributed by atoms with Crippen LogP contribution in [-0.4, -0.2) is 35.5 Å². The van der Waals surface area contributed by atoms with Gasteiger partial charge in [-0.15, -0.1) is 0 Å². The second kappa shape index (κ2) is 8.77. The average molecular weight is 380 g/mol. The Labute approximate surface area is 163 Å². The van der Waals surface area contributed by atoms with Crippen LogP contribution in [0.15, 0.2) is 54.6 Å². The Bertz CT molecular complexity index is 859. The van der Waals surface area contributed by atoms with Crippen LogP contribution in [0.5, 0.6) is 0 Å². The maximum Gasteiger partial charge on any atom is 0.263 e. The molecule has 1 aliphatic rings. The summed E-state index contributed by atoms with van der Waals surface area (Å²) in [5.41, 5.74) is -0.297. The second-order valence-corrected chi connectivity index (χ2v) is 6.76. The van der Waals surface area contributed by atoms with Crippen molar-refractivity contribution in [3.63, 3.8) is 0 Å². The van der Waals surface area contributed by atoms with E-state index in [4.69, 9.17) is 4.74 Å². The molecular formula is C22H21FN2O3. The summed E-state index contributed by atoms with van der Waals surface area (Å²) in [6.07, 6.45) is 1.12. The quantitative estimate of drug-likeness (QED) is 0.489. The van der Waals surface area contributed by atoms with E-state index < -0.39 is 24.0 Å². The van der Waals surface area contributed by atoms with E-state index in [0.717, 1.165) is 10.5 Å². The Morgan fingerprint density at radius 3 is 2.14 bits per heavy atom. The van der Waals surface area contributed by atoms with E-state index in [1.165, 1.54) is 12.1 Å². The number of amides is 2. The fourth-order valence-electron chi connectivity index (χ4n) is 3.34. The maximum absolute atomic E-state index is 13.9. The summed E-state index contributed by atoms with van der Waals surface area (Å²) in [6, 6.07) is 17.9. The van der Waals surface area contributed by atoms with Crippen LogP contribution in [0.2, 0.25) is 0 Å². The molecule has 2 aromatic carbocycles. The fraction of sp³-hybridized carbons (Fsp3) is 0.318. The Kier molecular flexibility index (Phi) is 6.17. The average Bonchev–Trinajstić information content (AvgIpc) is 3.00. The van der Waals surface area contributed by atoms with Crippen LogP contribution >= 0.6 is 0 Å². The molecule has 0 saturated heterocycles. The molecule has 1 heterocycles. The van der Waals surface area contributed by atoms with Crippen LogP contribution in [0.4, 0.5) is 4.39 Å². The van der Waals surface area contributed by atoms with Gasteiger partial charge in [0, 0.05) is 6.61 Å². The molecule has 0 radical (unpaired) electrons. The largest absolute Gasteiger partial charge is 0.377 e. The van der Waals surface area contributed by atoms with Gasteiger partial charge < -0.3 is 4.74 Å². The summed E-state index contributed by atoms with van der Waals surface area (Å²) in [7, 11) is 0. The highest BCUT2D eigenvalue weighted by Gasteiger charge is 2.49. The number of carbonyl (C=O) groups is 2. The van der Waals surface area contributed by atoms with Crippen LogP contribution in [0.25, 0.3) is 0 Å². The van der Waals surface area contributed by atoms with Crippen LogP contribution in [0.1, 0.15) is 45.5 Å². The SMILES string of the molecule is N#CC(CF)(CCCCOCc1ccccc1)N1C(=O)c2ccccc2C1=O. The van der Waals surface area contributed by atoms with Crippen molar-refractivity contribution in [1.82, 2.24) is 4.90 Å². The summed E-state index contributed by atoms with van der Waals surface area (Å²) in [6.45, 7) is -0.170. The first-order chi connectivity index (χ1) is 13.6. The molecule has 0 saturated carbocycles. The summed E-state index contributed by atoms with van der Waals surface area (Å²) in [4.78, 5) is 26.0. The number of nitriles is 1. The van der Waals surface area contributed by atoms with Crippen molar-refractivity contribution in [3.8, 4) is 6.07 Å². The molecule has 0 aliphatic carbocycles. The number of hydrogen-bond donors (Lipinski definition) is 0. The summed E-state index contributed by atoms with van der Waals surface area (Å²) in [5, 5.41) is 9.64. The van der Waals surface area contributed by atoms with Crippen molar-refractivity contribution in [2.45, 2.75) is 31.4 Å². The number of carbonyl (C=O) groups excluding carboxylic acids is 2. The predicted octanol–water partition coefficient (Wildman–Crippen LogP) is 3.90. The third kappa shape index (κ3) is 3.80. The number of unbranched alkanes of at least 4 members (excludes halogenated alkanes) is 1. The van der Waals surface area contributed by atoms with E-state index in [0.29, 0.717) is 26.1 Å². The van der Waals surface area contributed by atoms with Gasteiger partial charge in [0.2, 0.25) is 0 Å². The van der Waals surface area contributed by atoms with Gasteiger partial charge in [0.15, 0.2) is 5.54 Å². The van der Waals surface area contributed by atoms with Crippen LogP contribution in [-0.2, 0) is 11.3 Å². The van der Waals surface area contributed by atoms with E-state index in [9.17, 15) is 19.2 Å². The molecule has 144 valence electrons. The highest BCUT2D eigenvalue weighted by atomic mass is 19.1. The highest BCUT2D eigenvalue weighted by molar-refractivity contribution is 6.22. The third-order valence-corrected chi connectivity index (χ3v) is 4.89. The van der Waals surface area contributed by atoms with E-state index in [1.807, 2.05) is 36.4 Å². The van der Waals surface area contributed by atoms with Crippen molar-refractivity contribution >= 4 is 11.8 Å². The van der Waals surface area contributed by atoms with Crippen LogP contribution in [0, 0.1) is 11.3 Å². The van der Waals surface area contributed by atoms with Crippen LogP contribution < -0.4 is 0 Å². The fourth-order valence-corrected chi connectivity index (χ4v) is 3.34. The number of alkyl halides is 1. The van der Waals surface area contributed by atoms with Gasteiger partial charge >= 0.3 is 0 Å². The predicted molar refractivity (Wildman–Crippen MR) is 101 cm³/mol. The number of hydrogen-bond acceptors (Lipinski definition) is 4. The number of benzene rings is 2. The Morgan fingerprint density at radius 2 is 1.57 bits per heavy atom. The number of rotatable bonds is 9. The zero-order valence-corrected chi connectivity index (χ0v) is 15.4. The molecule has 0 aromatic heterocycles. The number of ether oxygens (including phenoxy) is 1. The van der Waals surface area contributed by atoms with Gasteiger partial charge in [-0.25, -0.2) is 4.39 Å². The topological polar surface area (TPSA) is 70.4 Å². The van der Waals surface area contributed by atoms with Gasteiger partial charge in [-0.1, -0.05) is 42.5 Å².